The van der Waals surface area contributed by atoms with Crippen LogP contribution in [0, 0.1) is 0 Å². The Labute approximate surface area is 189 Å². The molecule has 7 heteroatoms. The zero-order valence-corrected chi connectivity index (χ0v) is 17.9. The van der Waals surface area contributed by atoms with Gasteiger partial charge in [0.15, 0.2) is 0 Å². The van der Waals surface area contributed by atoms with Crippen LogP contribution in [0.2, 0.25) is 0 Å². The molecule has 0 atom stereocenters. The Hall–Kier alpha value is -4.23. The van der Waals surface area contributed by atoms with Crippen molar-refractivity contribution in [2.45, 2.75) is 19.5 Å². The SMILES string of the molecule is C=C(C(=O)NO)c1ccc(Cn2c(=O)n(CCc3ccccc3)c(=O)c3ccccc32)cc1. The van der Waals surface area contributed by atoms with Crippen LogP contribution < -0.4 is 16.7 Å². The number of hydrogen-bond acceptors (Lipinski definition) is 4. The summed E-state index contributed by atoms with van der Waals surface area (Å²) in [6.07, 6.45) is 0.568. The summed E-state index contributed by atoms with van der Waals surface area (Å²) >= 11 is 0. The summed E-state index contributed by atoms with van der Waals surface area (Å²) in [4.78, 5) is 38.0. The normalized spacial score (nSPS) is 10.8. The van der Waals surface area contributed by atoms with Gasteiger partial charge >= 0.3 is 5.69 Å². The summed E-state index contributed by atoms with van der Waals surface area (Å²) in [6, 6.07) is 23.8. The van der Waals surface area contributed by atoms with E-state index in [0.29, 0.717) is 22.9 Å². The fourth-order valence-electron chi connectivity index (χ4n) is 3.80. The van der Waals surface area contributed by atoms with E-state index in [1.165, 1.54) is 4.57 Å². The van der Waals surface area contributed by atoms with Gasteiger partial charge < -0.3 is 0 Å². The predicted molar refractivity (Wildman–Crippen MR) is 127 cm³/mol. The number of aromatic nitrogens is 2. The fourth-order valence-corrected chi connectivity index (χ4v) is 3.80. The second-order valence-corrected chi connectivity index (χ2v) is 7.69. The zero-order valence-electron chi connectivity index (χ0n) is 17.9. The molecule has 0 aliphatic rings. The van der Waals surface area contributed by atoms with Crippen LogP contribution in [0.3, 0.4) is 0 Å². The topological polar surface area (TPSA) is 93.3 Å². The Kier molecular flexibility index (Phi) is 6.33. The van der Waals surface area contributed by atoms with Crippen LogP contribution in [-0.4, -0.2) is 20.2 Å². The van der Waals surface area contributed by atoms with Crippen molar-refractivity contribution >= 4 is 22.4 Å². The number of nitrogens with one attached hydrogen (secondary N) is 1. The number of rotatable bonds is 7. The lowest BCUT2D eigenvalue weighted by Crippen LogP contribution is -2.40. The molecule has 1 amide bonds. The van der Waals surface area contributed by atoms with Gasteiger partial charge in [-0.1, -0.05) is 73.3 Å². The summed E-state index contributed by atoms with van der Waals surface area (Å²) in [7, 11) is 0. The van der Waals surface area contributed by atoms with Crippen LogP contribution >= 0.6 is 0 Å². The van der Waals surface area contributed by atoms with Crippen molar-refractivity contribution in [1.29, 1.82) is 0 Å². The highest BCUT2D eigenvalue weighted by atomic mass is 16.5. The smallest absolute Gasteiger partial charge is 0.289 e. The lowest BCUT2D eigenvalue weighted by Gasteiger charge is -2.15. The second kappa shape index (κ2) is 9.50. The standard InChI is InChI=1S/C26H23N3O4/c1-18(24(30)27-33)21-13-11-20(12-14-21)17-29-23-10-6-5-9-22(23)25(31)28(26(29)32)16-15-19-7-3-2-4-8-19/h2-14,33H,1,15-17H2,(H,27,30). The van der Waals surface area contributed by atoms with E-state index in [-0.39, 0.29) is 29.9 Å². The van der Waals surface area contributed by atoms with Crippen LogP contribution in [0.4, 0.5) is 0 Å². The average Bonchev–Trinajstić information content (AvgIpc) is 2.86. The van der Waals surface area contributed by atoms with E-state index in [9.17, 15) is 14.4 Å². The summed E-state index contributed by atoms with van der Waals surface area (Å²) in [5.74, 6) is -0.685. The molecule has 3 aromatic carbocycles. The van der Waals surface area contributed by atoms with E-state index >= 15 is 0 Å². The molecule has 2 N–H and O–H groups in total. The molecule has 0 aliphatic carbocycles. The molecule has 0 saturated heterocycles. The number of amides is 1. The molecule has 0 saturated carbocycles. The van der Waals surface area contributed by atoms with Gasteiger partial charge in [-0.3, -0.25) is 23.9 Å². The molecular formula is C26H23N3O4. The van der Waals surface area contributed by atoms with E-state index < -0.39 is 5.91 Å². The highest BCUT2D eigenvalue weighted by Gasteiger charge is 2.14. The maximum atomic E-state index is 13.4. The number of fused-ring (bicyclic) bond motifs is 1. The third-order valence-electron chi connectivity index (χ3n) is 5.62. The first-order chi connectivity index (χ1) is 16.0. The minimum Gasteiger partial charge on any atom is -0.289 e. The van der Waals surface area contributed by atoms with E-state index in [1.54, 1.807) is 58.6 Å². The van der Waals surface area contributed by atoms with Crippen LogP contribution in [-0.2, 0) is 24.3 Å². The van der Waals surface area contributed by atoms with Gasteiger partial charge in [-0.15, -0.1) is 0 Å². The van der Waals surface area contributed by atoms with E-state index in [2.05, 4.69) is 6.58 Å². The number of hydrogen-bond donors (Lipinski definition) is 2. The lowest BCUT2D eigenvalue weighted by molar-refractivity contribution is -0.123. The zero-order chi connectivity index (χ0) is 23.4. The van der Waals surface area contributed by atoms with Gasteiger partial charge in [0.25, 0.3) is 11.5 Å². The number of carbonyl (C=O) groups excluding carboxylic acids is 1. The average molecular weight is 441 g/mol. The molecule has 0 unspecified atom stereocenters. The van der Waals surface area contributed by atoms with Crippen LogP contribution in [0.1, 0.15) is 16.7 Å². The number of para-hydroxylation sites is 1. The van der Waals surface area contributed by atoms with Crippen molar-refractivity contribution in [3.63, 3.8) is 0 Å². The van der Waals surface area contributed by atoms with E-state index in [0.717, 1.165) is 11.1 Å². The fraction of sp³-hybridized carbons (Fsp3) is 0.115. The van der Waals surface area contributed by atoms with Gasteiger partial charge in [-0.25, -0.2) is 10.3 Å². The highest BCUT2D eigenvalue weighted by molar-refractivity contribution is 6.18. The molecule has 4 rings (SSSR count). The maximum Gasteiger partial charge on any atom is 0.331 e. The summed E-state index contributed by atoms with van der Waals surface area (Å²) in [5, 5.41) is 9.27. The van der Waals surface area contributed by atoms with Gasteiger partial charge in [0.2, 0.25) is 0 Å². The van der Waals surface area contributed by atoms with Gasteiger partial charge in [0.05, 0.1) is 17.4 Å². The molecular weight excluding hydrogens is 418 g/mol. The van der Waals surface area contributed by atoms with Gasteiger partial charge in [-0.05, 0) is 35.2 Å². The quantitative estimate of drug-likeness (QED) is 0.262. The monoisotopic (exact) mass is 441 g/mol. The highest BCUT2D eigenvalue weighted by Crippen LogP contribution is 2.16. The molecule has 166 valence electrons. The second-order valence-electron chi connectivity index (χ2n) is 7.69. The summed E-state index contributed by atoms with van der Waals surface area (Å²) in [5.41, 5.74) is 4.00. The molecule has 4 aromatic rings. The van der Waals surface area contributed by atoms with Crippen molar-refractivity contribution in [2.24, 2.45) is 0 Å². The predicted octanol–water partition coefficient (Wildman–Crippen LogP) is 2.97. The minimum atomic E-state index is -0.685. The van der Waals surface area contributed by atoms with Crippen LogP contribution in [0.15, 0.2) is 95.0 Å². The van der Waals surface area contributed by atoms with Gasteiger partial charge in [-0.2, -0.15) is 0 Å². The molecule has 7 nitrogen and oxygen atoms in total. The molecule has 0 fully saturated rings. The van der Waals surface area contributed by atoms with E-state index in [1.807, 2.05) is 30.3 Å². The molecule has 0 aliphatic heterocycles. The lowest BCUT2D eigenvalue weighted by atomic mass is 10.0. The first-order valence-corrected chi connectivity index (χ1v) is 10.5. The summed E-state index contributed by atoms with van der Waals surface area (Å²) < 4.78 is 2.88. The summed E-state index contributed by atoms with van der Waals surface area (Å²) in [6.45, 7) is 4.20. The van der Waals surface area contributed by atoms with E-state index in [4.69, 9.17) is 5.21 Å². The minimum absolute atomic E-state index is 0.126. The number of hydroxylamine groups is 1. The third kappa shape index (κ3) is 4.53. The van der Waals surface area contributed by atoms with Gasteiger partial charge in [0.1, 0.15) is 0 Å². The third-order valence-corrected chi connectivity index (χ3v) is 5.62. The number of benzene rings is 3. The van der Waals surface area contributed by atoms with Crippen molar-refractivity contribution in [3.8, 4) is 0 Å². The first-order valence-electron chi connectivity index (χ1n) is 10.5. The Morgan fingerprint density at radius 2 is 1.52 bits per heavy atom. The molecule has 0 radical (unpaired) electrons. The van der Waals surface area contributed by atoms with Crippen molar-refractivity contribution in [3.05, 3.63) is 123 Å². The number of nitrogens with zero attached hydrogens (tertiary/aromatic N) is 2. The van der Waals surface area contributed by atoms with Crippen molar-refractivity contribution < 1.29 is 10.0 Å². The Morgan fingerprint density at radius 1 is 0.848 bits per heavy atom. The Balaban J connectivity index is 1.71. The molecule has 0 bridgehead atoms. The molecule has 33 heavy (non-hydrogen) atoms. The molecule has 1 aromatic heterocycles. The van der Waals surface area contributed by atoms with Crippen molar-refractivity contribution in [1.82, 2.24) is 14.6 Å². The van der Waals surface area contributed by atoms with Crippen molar-refractivity contribution in [2.75, 3.05) is 0 Å². The largest absolute Gasteiger partial charge is 0.331 e. The van der Waals surface area contributed by atoms with Gasteiger partial charge in [0, 0.05) is 12.1 Å². The Morgan fingerprint density at radius 3 is 2.21 bits per heavy atom. The van der Waals surface area contributed by atoms with Crippen LogP contribution in [0.5, 0.6) is 0 Å². The molecule has 1 heterocycles. The number of carbonyl (C=O) groups is 1. The molecule has 0 spiro atoms. The maximum absolute atomic E-state index is 13.4. The first kappa shape index (κ1) is 22.0. The van der Waals surface area contributed by atoms with Crippen LogP contribution in [0.25, 0.3) is 16.5 Å². The number of aryl methyl sites for hydroxylation is 1. The Bertz CT molecular complexity index is 1430.